The number of primary sulfonamides is 1. The summed E-state index contributed by atoms with van der Waals surface area (Å²) in [5, 5.41) is 4.76. The van der Waals surface area contributed by atoms with Gasteiger partial charge in [0.1, 0.15) is 8.60 Å². The lowest BCUT2D eigenvalue weighted by atomic mass is 10.2. The fourth-order valence-corrected chi connectivity index (χ4v) is 2.09. The molecule has 0 atom stereocenters. The van der Waals surface area contributed by atoms with Crippen LogP contribution in [0, 0.1) is 3.70 Å². The predicted molar refractivity (Wildman–Crippen MR) is 57.7 cm³/mol. The van der Waals surface area contributed by atoms with E-state index >= 15 is 0 Å². The molecule has 0 bridgehead atoms. The number of nitrogen functional groups attached to an aromatic ring is 1. The molecule has 0 saturated heterocycles. The van der Waals surface area contributed by atoms with Crippen LogP contribution >= 0.6 is 22.6 Å². The fourth-order valence-electron chi connectivity index (χ4n) is 0.950. The van der Waals surface area contributed by atoms with Gasteiger partial charge in [-0.15, -0.1) is 0 Å². The topological polar surface area (TPSA) is 99.1 Å². The Balaban J connectivity index is 3.62. The van der Waals surface area contributed by atoms with E-state index in [1.54, 1.807) is 22.6 Å². The number of nitrogens with two attached hydrogens (primary N) is 2. The number of alkyl halides is 2. The van der Waals surface area contributed by atoms with Crippen LogP contribution in [-0.2, 0) is 10.0 Å². The van der Waals surface area contributed by atoms with Gasteiger partial charge in [-0.05, 0) is 22.6 Å². The molecule has 0 fully saturated rings. The number of pyridine rings is 1. The van der Waals surface area contributed by atoms with Crippen LogP contribution in [0.15, 0.2) is 11.1 Å². The number of sulfonamides is 1. The van der Waals surface area contributed by atoms with Crippen molar-refractivity contribution in [3.8, 4) is 0 Å². The molecule has 0 radical (unpaired) electrons. The van der Waals surface area contributed by atoms with Gasteiger partial charge >= 0.3 is 0 Å². The summed E-state index contributed by atoms with van der Waals surface area (Å²) in [5.41, 5.74) is 4.15. The van der Waals surface area contributed by atoms with Crippen LogP contribution in [0.2, 0.25) is 0 Å². The molecule has 1 aromatic heterocycles. The molecule has 1 aromatic rings. The average Bonchev–Trinajstić information content (AvgIpc) is 2.06. The second-order valence-corrected chi connectivity index (χ2v) is 5.14. The summed E-state index contributed by atoms with van der Waals surface area (Å²) >= 11 is 1.62. The minimum absolute atomic E-state index is 0.107. The number of hydrogen-bond acceptors (Lipinski definition) is 4. The monoisotopic (exact) mass is 349 g/mol. The first-order chi connectivity index (χ1) is 6.75. The van der Waals surface area contributed by atoms with Crippen LogP contribution in [-0.4, -0.2) is 13.4 Å². The quantitative estimate of drug-likeness (QED) is 0.611. The van der Waals surface area contributed by atoms with Crippen molar-refractivity contribution < 1.29 is 17.2 Å². The molecule has 0 aromatic carbocycles. The number of hydrogen-bond donors (Lipinski definition) is 2. The Hall–Kier alpha value is -0.550. The van der Waals surface area contributed by atoms with Crippen molar-refractivity contribution in [2.75, 3.05) is 5.73 Å². The van der Waals surface area contributed by atoms with Crippen molar-refractivity contribution in [1.29, 1.82) is 0 Å². The number of aromatic nitrogens is 1. The summed E-state index contributed by atoms with van der Waals surface area (Å²) in [6.07, 6.45) is -2.25. The average molecular weight is 349 g/mol. The third-order valence-electron chi connectivity index (χ3n) is 1.60. The lowest BCUT2D eigenvalue weighted by Gasteiger charge is -2.10. The second-order valence-electron chi connectivity index (χ2n) is 2.59. The maximum Gasteiger partial charge on any atom is 0.267 e. The molecule has 0 spiro atoms. The van der Waals surface area contributed by atoms with E-state index in [1.165, 1.54) is 0 Å². The highest BCUT2D eigenvalue weighted by atomic mass is 127. The van der Waals surface area contributed by atoms with Gasteiger partial charge in [-0.1, -0.05) is 0 Å². The highest BCUT2D eigenvalue weighted by Crippen LogP contribution is 2.32. The summed E-state index contributed by atoms with van der Waals surface area (Å²) in [4.78, 5) is 2.82. The van der Waals surface area contributed by atoms with Crippen molar-refractivity contribution in [2.24, 2.45) is 5.14 Å². The zero-order chi connectivity index (χ0) is 11.8. The molecule has 1 rings (SSSR count). The van der Waals surface area contributed by atoms with Gasteiger partial charge in [0.25, 0.3) is 6.43 Å². The van der Waals surface area contributed by atoms with E-state index in [-0.39, 0.29) is 9.39 Å². The van der Waals surface area contributed by atoms with E-state index in [1.807, 2.05) is 0 Å². The summed E-state index contributed by atoms with van der Waals surface area (Å²) in [6, 6.07) is 0. The van der Waals surface area contributed by atoms with Crippen molar-refractivity contribution in [3.63, 3.8) is 0 Å². The van der Waals surface area contributed by atoms with Gasteiger partial charge in [0, 0.05) is 6.20 Å². The Morgan fingerprint density at radius 3 is 2.40 bits per heavy atom. The Morgan fingerprint density at radius 1 is 1.47 bits per heavy atom. The van der Waals surface area contributed by atoms with E-state index in [0.717, 1.165) is 6.20 Å². The first kappa shape index (κ1) is 12.5. The van der Waals surface area contributed by atoms with Crippen LogP contribution in [0.5, 0.6) is 0 Å². The fraction of sp³-hybridized carbons (Fsp3) is 0.167. The van der Waals surface area contributed by atoms with E-state index in [2.05, 4.69) is 4.98 Å². The Labute approximate surface area is 98.0 Å². The third kappa shape index (κ3) is 2.52. The SMILES string of the molecule is Nc1c(I)ncc(S(N)(=O)=O)c1C(F)F. The molecule has 1 heterocycles. The highest BCUT2D eigenvalue weighted by Gasteiger charge is 2.25. The number of anilines is 1. The van der Waals surface area contributed by atoms with Crippen molar-refractivity contribution in [3.05, 3.63) is 15.5 Å². The molecule has 9 heteroatoms. The lowest BCUT2D eigenvalue weighted by molar-refractivity contribution is 0.148. The largest absolute Gasteiger partial charge is 0.396 e. The summed E-state index contributed by atoms with van der Waals surface area (Å²) in [7, 11) is -4.24. The summed E-state index contributed by atoms with van der Waals surface area (Å²) in [6.45, 7) is 0. The van der Waals surface area contributed by atoms with Crippen molar-refractivity contribution in [2.45, 2.75) is 11.3 Å². The van der Waals surface area contributed by atoms with Gasteiger partial charge < -0.3 is 5.73 Å². The molecule has 0 aliphatic carbocycles. The van der Waals surface area contributed by atoms with Crippen LogP contribution in [0.4, 0.5) is 14.5 Å². The maximum absolute atomic E-state index is 12.6. The molecule has 84 valence electrons. The first-order valence-electron chi connectivity index (χ1n) is 3.50. The predicted octanol–water partition coefficient (Wildman–Crippen LogP) is 0.853. The Kier molecular flexibility index (Phi) is 3.45. The van der Waals surface area contributed by atoms with Gasteiger partial charge in [-0.3, -0.25) is 0 Å². The number of nitrogens with zero attached hydrogens (tertiary/aromatic N) is 1. The first-order valence-corrected chi connectivity index (χ1v) is 6.12. The molecule has 0 amide bonds. The number of rotatable bonds is 2. The maximum atomic E-state index is 12.6. The summed E-state index contributed by atoms with van der Waals surface area (Å²) in [5.74, 6) is 0. The molecule has 5 nitrogen and oxygen atoms in total. The smallest absolute Gasteiger partial charge is 0.267 e. The molecule has 4 N–H and O–H groups in total. The van der Waals surface area contributed by atoms with Gasteiger partial charge in [0.05, 0.1) is 11.3 Å². The van der Waals surface area contributed by atoms with Gasteiger partial charge in [0.15, 0.2) is 0 Å². The van der Waals surface area contributed by atoms with E-state index in [0.29, 0.717) is 0 Å². The lowest BCUT2D eigenvalue weighted by Crippen LogP contribution is -2.17. The Bertz CT molecular complexity index is 491. The molecule has 0 aliphatic rings. The molecule has 15 heavy (non-hydrogen) atoms. The zero-order valence-electron chi connectivity index (χ0n) is 7.12. The minimum atomic E-state index is -4.24. The molecule has 0 unspecified atom stereocenters. The van der Waals surface area contributed by atoms with E-state index in [9.17, 15) is 17.2 Å². The molecular formula is C6H6F2IN3O2S. The molecule has 0 saturated carbocycles. The van der Waals surface area contributed by atoms with Crippen LogP contribution in [0.25, 0.3) is 0 Å². The Morgan fingerprint density at radius 2 is 2.00 bits per heavy atom. The zero-order valence-corrected chi connectivity index (χ0v) is 10.1. The standard InChI is InChI=1S/C6H6F2IN3O2S/c7-5(8)3-2(15(11,13)14)1-12-6(9)4(3)10/h1,5H,10H2,(H2,11,13,14). The van der Waals surface area contributed by atoms with Crippen molar-refractivity contribution >= 4 is 38.3 Å². The van der Waals surface area contributed by atoms with Crippen LogP contribution in [0.3, 0.4) is 0 Å². The molecular weight excluding hydrogens is 343 g/mol. The van der Waals surface area contributed by atoms with Gasteiger partial charge in [0.2, 0.25) is 10.0 Å². The number of halogens is 3. The van der Waals surface area contributed by atoms with E-state index in [4.69, 9.17) is 10.9 Å². The van der Waals surface area contributed by atoms with Crippen molar-refractivity contribution in [1.82, 2.24) is 4.98 Å². The van der Waals surface area contributed by atoms with Crippen LogP contribution < -0.4 is 10.9 Å². The highest BCUT2D eigenvalue weighted by molar-refractivity contribution is 14.1. The van der Waals surface area contributed by atoms with Gasteiger partial charge in [-0.2, -0.15) is 0 Å². The minimum Gasteiger partial charge on any atom is -0.396 e. The summed E-state index contributed by atoms with van der Waals surface area (Å²) < 4.78 is 47.2. The second kappa shape index (κ2) is 4.14. The normalized spacial score (nSPS) is 12.1. The van der Waals surface area contributed by atoms with Crippen LogP contribution in [0.1, 0.15) is 12.0 Å². The molecule has 0 aliphatic heterocycles. The van der Waals surface area contributed by atoms with Gasteiger partial charge in [-0.25, -0.2) is 27.3 Å². The van der Waals surface area contributed by atoms with E-state index < -0.39 is 26.9 Å². The third-order valence-corrected chi connectivity index (χ3v) is 3.40.